The number of fused-ring (bicyclic) bond motifs is 1. The van der Waals surface area contributed by atoms with Crippen LogP contribution in [-0.4, -0.2) is 66.9 Å². The lowest BCUT2D eigenvalue weighted by molar-refractivity contribution is 0.0408. The molecule has 0 atom stereocenters. The van der Waals surface area contributed by atoms with Crippen LogP contribution in [0.3, 0.4) is 0 Å². The normalized spacial score (nSPS) is 14.1. The van der Waals surface area contributed by atoms with Gasteiger partial charge in [0.25, 0.3) is 0 Å². The maximum atomic E-state index is 13.7. The molecule has 1 aliphatic heterocycles. The maximum Gasteiger partial charge on any atom is 0.234 e. The average Bonchev–Trinajstić information content (AvgIpc) is 2.95. The van der Waals surface area contributed by atoms with Crippen LogP contribution in [0.1, 0.15) is 5.56 Å². The number of halogens is 2. The number of anilines is 4. The van der Waals surface area contributed by atoms with Crippen molar-refractivity contribution in [1.29, 1.82) is 5.26 Å². The third-order valence-electron chi connectivity index (χ3n) is 6.28. The van der Waals surface area contributed by atoms with Gasteiger partial charge in [-0.1, -0.05) is 11.6 Å². The number of nitrogens with zero attached hydrogens (tertiary/aromatic N) is 5. The molecule has 206 valence electrons. The molecule has 0 spiro atoms. The van der Waals surface area contributed by atoms with E-state index in [0.717, 1.165) is 0 Å². The molecule has 11 nitrogen and oxygen atoms in total. The molecule has 5 rings (SSSR count). The van der Waals surface area contributed by atoms with E-state index in [4.69, 9.17) is 27.1 Å². The van der Waals surface area contributed by atoms with Gasteiger partial charge in [0, 0.05) is 43.3 Å². The molecule has 0 aliphatic carbocycles. The Balaban J connectivity index is 1.45. The van der Waals surface area contributed by atoms with Crippen LogP contribution in [0, 0.1) is 17.1 Å². The van der Waals surface area contributed by atoms with Gasteiger partial charge in [0.2, 0.25) is 10.0 Å². The van der Waals surface area contributed by atoms with E-state index in [0.29, 0.717) is 66.5 Å². The number of nitrogens with two attached hydrogens (primary N) is 1. The minimum Gasteiger partial charge on any atom is -0.382 e. The van der Waals surface area contributed by atoms with Crippen LogP contribution in [0.4, 0.5) is 27.3 Å². The molecule has 1 aromatic carbocycles. The summed E-state index contributed by atoms with van der Waals surface area (Å²) in [6.07, 6.45) is 2.88. The fourth-order valence-corrected chi connectivity index (χ4v) is 5.43. The first-order chi connectivity index (χ1) is 19.2. The van der Waals surface area contributed by atoms with E-state index in [-0.39, 0.29) is 27.8 Å². The zero-order valence-corrected chi connectivity index (χ0v) is 22.6. The molecule has 4 N–H and O–H groups in total. The van der Waals surface area contributed by atoms with Gasteiger partial charge < -0.3 is 15.8 Å². The molecular formula is C26H24ClFN8O3S. The average molecular weight is 583 g/mol. The highest BCUT2D eigenvalue weighted by Crippen LogP contribution is 2.32. The molecule has 4 heterocycles. The number of hydrogen-bond acceptors (Lipinski definition) is 10. The van der Waals surface area contributed by atoms with Crippen molar-refractivity contribution < 1.29 is 17.5 Å². The third-order valence-corrected chi connectivity index (χ3v) is 7.82. The zero-order chi connectivity index (χ0) is 28.3. The van der Waals surface area contributed by atoms with Gasteiger partial charge in [-0.2, -0.15) is 5.26 Å². The summed E-state index contributed by atoms with van der Waals surface area (Å²) in [4.78, 5) is 15.2. The number of benzene rings is 1. The van der Waals surface area contributed by atoms with Crippen molar-refractivity contribution in [2.75, 3.05) is 54.4 Å². The maximum absolute atomic E-state index is 13.7. The highest BCUT2D eigenvalue weighted by atomic mass is 35.5. The second-order valence-electron chi connectivity index (χ2n) is 9.01. The van der Waals surface area contributed by atoms with Gasteiger partial charge in [-0.15, -0.1) is 0 Å². The van der Waals surface area contributed by atoms with Gasteiger partial charge in [-0.05, 0) is 36.4 Å². The highest BCUT2D eigenvalue weighted by molar-refractivity contribution is 7.92. The number of nitriles is 1. The van der Waals surface area contributed by atoms with Gasteiger partial charge in [0.1, 0.15) is 23.2 Å². The Morgan fingerprint density at radius 1 is 1.15 bits per heavy atom. The molecule has 0 radical (unpaired) electrons. The molecular weight excluding hydrogens is 559 g/mol. The standard InChI is InChI=1S/C26H24ClFN8O3S/c27-19-12-18(1-2-20(19)28)33-24-17(13-29)15-31-22-4-3-21(34-25(22)24)16-11-23(26(30)32-14-16)35-40(37,38)10-7-36-5-8-39-9-6-36/h1-4,11-12,14-15,35H,5-10H2,(H2,30,32)(H,31,33). The predicted octanol–water partition coefficient (Wildman–Crippen LogP) is 3.76. The van der Waals surface area contributed by atoms with Crippen LogP contribution in [-0.2, 0) is 14.8 Å². The molecule has 0 unspecified atom stereocenters. The van der Waals surface area contributed by atoms with Crippen molar-refractivity contribution in [3.63, 3.8) is 0 Å². The molecule has 0 bridgehead atoms. The van der Waals surface area contributed by atoms with E-state index in [1.165, 1.54) is 30.6 Å². The van der Waals surface area contributed by atoms with Gasteiger partial charge >= 0.3 is 0 Å². The van der Waals surface area contributed by atoms with Crippen molar-refractivity contribution in [3.05, 3.63) is 65.2 Å². The number of pyridine rings is 3. The van der Waals surface area contributed by atoms with E-state index in [1.807, 2.05) is 4.90 Å². The summed E-state index contributed by atoms with van der Waals surface area (Å²) in [6, 6.07) is 11.1. The molecule has 40 heavy (non-hydrogen) atoms. The molecule has 1 fully saturated rings. The van der Waals surface area contributed by atoms with Crippen molar-refractivity contribution >= 4 is 55.5 Å². The number of ether oxygens (including phenoxy) is 1. The van der Waals surface area contributed by atoms with E-state index >= 15 is 0 Å². The molecule has 4 aromatic rings. The molecule has 3 aromatic heterocycles. The minimum absolute atomic E-state index is 0.0171. The van der Waals surface area contributed by atoms with Gasteiger partial charge in [0.05, 0.1) is 52.1 Å². The number of morpholine rings is 1. The number of rotatable bonds is 8. The molecule has 14 heteroatoms. The summed E-state index contributed by atoms with van der Waals surface area (Å²) in [6.45, 7) is 2.86. The topological polar surface area (TPSA) is 159 Å². The number of nitrogen functional groups attached to an aromatic ring is 1. The number of hydrogen-bond donors (Lipinski definition) is 3. The number of sulfonamides is 1. The Morgan fingerprint density at radius 2 is 1.95 bits per heavy atom. The lowest BCUT2D eigenvalue weighted by Crippen LogP contribution is -2.39. The number of nitrogens with one attached hydrogen (secondary N) is 2. The SMILES string of the molecule is N#Cc1cnc2ccc(-c3cnc(N)c(NS(=O)(=O)CCN4CCOCC4)c3)nc2c1Nc1ccc(F)c(Cl)c1. The smallest absolute Gasteiger partial charge is 0.234 e. The number of aromatic nitrogens is 3. The van der Waals surface area contributed by atoms with Crippen molar-refractivity contribution in [1.82, 2.24) is 19.9 Å². The van der Waals surface area contributed by atoms with E-state index in [9.17, 15) is 18.1 Å². The summed E-state index contributed by atoms with van der Waals surface area (Å²) in [7, 11) is -3.71. The predicted molar refractivity (Wildman–Crippen MR) is 151 cm³/mol. The molecule has 0 amide bonds. The summed E-state index contributed by atoms with van der Waals surface area (Å²) < 4.78 is 47.1. The Bertz CT molecular complexity index is 1730. The lowest BCUT2D eigenvalue weighted by Gasteiger charge is -2.26. The van der Waals surface area contributed by atoms with Crippen LogP contribution in [0.2, 0.25) is 5.02 Å². The van der Waals surface area contributed by atoms with Crippen LogP contribution >= 0.6 is 11.6 Å². The monoisotopic (exact) mass is 582 g/mol. The second kappa shape index (κ2) is 11.6. The first-order valence-electron chi connectivity index (χ1n) is 12.2. The van der Waals surface area contributed by atoms with E-state index in [1.54, 1.807) is 18.2 Å². The van der Waals surface area contributed by atoms with Crippen molar-refractivity contribution in [2.45, 2.75) is 0 Å². The van der Waals surface area contributed by atoms with Crippen LogP contribution in [0.5, 0.6) is 0 Å². The Labute approximate surface area is 234 Å². The van der Waals surface area contributed by atoms with E-state index in [2.05, 4.69) is 26.1 Å². The van der Waals surface area contributed by atoms with Crippen molar-refractivity contribution in [2.24, 2.45) is 0 Å². The van der Waals surface area contributed by atoms with Gasteiger partial charge in [-0.3, -0.25) is 14.6 Å². The van der Waals surface area contributed by atoms with Crippen LogP contribution in [0.25, 0.3) is 22.3 Å². The first kappa shape index (κ1) is 27.5. The minimum atomic E-state index is -3.71. The summed E-state index contributed by atoms with van der Waals surface area (Å²) in [5, 5.41) is 12.7. The summed E-state index contributed by atoms with van der Waals surface area (Å²) in [5.41, 5.74) is 8.91. The van der Waals surface area contributed by atoms with E-state index < -0.39 is 15.8 Å². The largest absolute Gasteiger partial charge is 0.382 e. The Hall–Kier alpha value is -4.09. The van der Waals surface area contributed by atoms with Crippen LogP contribution in [0.15, 0.2) is 48.8 Å². The fraction of sp³-hybridized carbons (Fsp3) is 0.231. The zero-order valence-electron chi connectivity index (χ0n) is 21.1. The highest BCUT2D eigenvalue weighted by Gasteiger charge is 2.19. The quantitative estimate of drug-likeness (QED) is 0.279. The molecule has 0 saturated carbocycles. The first-order valence-corrected chi connectivity index (χ1v) is 14.2. The second-order valence-corrected chi connectivity index (χ2v) is 11.3. The van der Waals surface area contributed by atoms with Gasteiger partial charge in [-0.25, -0.2) is 22.8 Å². The fourth-order valence-electron chi connectivity index (χ4n) is 4.15. The molecule has 1 aliphatic rings. The Morgan fingerprint density at radius 3 is 2.70 bits per heavy atom. The van der Waals surface area contributed by atoms with Crippen LogP contribution < -0.4 is 15.8 Å². The Kier molecular flexibility index (Phi) is 7.95. The van der Waals surface area contributed by atoms with Gasteiger partial charge in [0.15, 0.2) is 0 Å². The molecule has 1 saturated heterocycles. The lowest BCUT2D eigenvalue weighted by atomic mass is 10.1. The van der Waals surface area contributed by atoms with Crippen molar-refractivity contribution in [3.8, 4) is 17.3 Å². The summed E-state index contributed by atoms with van der Waals surface area (Å²) in [5.74, 6) is -0.671. The third kappa shape index (κ3) is 6.21. The summed E-state index contributed by atoms with van der Waals surface area (Å²) >= 11 is 5.93.